The van der Waals surface area contributed by atoms with Gasteiger partial charge in [-0.3, -0.25) is 4.79 Å². The van der Waals surface area contributed by atoms with Crippen LogP contribution < -0.4 is 0 Å². The van der Waals surface area contributed by atoms with Crippen LogP contribution >= 0.6 is 15.9 Å². The molecule has 0 aliphatic rings. The summed E-state index contributed by atoms with van der Waals surface area (Å²) in [6, 6.07) is 0. The number of halogens is 1. The molecule has 0 aliphatic carbocycles. The number of carbonyl (C=O) groups excluding carboxylic acids is 1. The molecular formula is C12H19BrN2O2. The first-order valence-electron chi connectivity index (χ1n) is 5.81. The molecule has 96 valence electrons. The van der Waals surface area contributed by atoms with Crippen molar-refractivity contribution in [3.05, 3.63) is 17.3 Å². The van der Waals surface area contributed by atoms with Gasteiger partial charge in [-0.15, -0.1) is 0 Å². The van der Waals surface area contributed by atoms with E-state index in [1.807, 2.05) is 0 Å². The van der Waals surface area contributed by atoms with E-state index in [4.69, 9.17) is 4.42 Å². The predicted molar refractivity (Wildman–Crippen MR) is 70.6 cm³/mol. The molecule has 1 amide bonds. The molecule has 0 bridgehead atoms. The van der Waals surface area contributed by atoms with Crippen molar-refractivity contribution in [2.45, 2.75) is 33.1 Å². The van der Waals surface area contributed by atoms with Crippen molar-refractivity contribution in [1.29, 1.82) is 0 Å². The van der Waals surface area contributed by atoms with Crippen molar-refractivity contribution >= 4 is 21.8 Å². The third-order valence-corrected chi connectivity index (χ3v) is 3.13. The first-order chi connectivity index (χ1) is 8.06. The summed E-state index contributed by atoms with van der Waals surface area (Å²) in [6.07, 6.45) is 3.28. The van der Waals surface area contributed by atoms with Crippen molar-refractivity contribution in [2.75, 3.05) is 18.9 Å². The van der Waals surface area contributed by atoms with Crippen molar-refractivity contribution < 1.29 is 9.21 Å². The molecule has 4 nitrogen and oxygen atoms in total. The van der Waals surface area contributed by atoms with Crippen LogP contribution in [0.5, 0.6) is 0 Å². The zero-order valence-electron chi connectivity index (χ0n) is 10.6. The zero-order valence-corrected chi connectivity index (χ0v) is 12.2. The van der Waals surface area contributed by atoms with Crippen LogP contribution in [-0.4, -0.2) is 34.7 Å². The van der Waals surface area contributed by atoms with Gasteiger partial charge in [0.15, 0.2) is 5.89 Å². The van der Waals surface area contributed by atoms with E-state index in [0.29, 0.717) is 17.3 Å². The van der Waals surface area contributed by atoms with E-state index in [1.54, 1.807) is 25.8 Å². The number of carbonyl (C=O) groups is 1. The summed E-state index contributed by atoms with van der Waals surface area (Å²) in [4.78, 5) is 17.8. The number of alkyl halides is 1. The second-order valence-corrected chi connectivity index (χ2v) is 4.92. The molecule has 0 N–H and O–H groups in total. The van der Waals surface area contributed by atoms with Gasteiger partial charge in [0, 0.05) is 25.8 Å². The third-order valence-electron chi connectivity index (χ3n) is 2.57. The Labute approximate surface area is 111 Å². The van der Waals surface area contributed by atoms with E-state index in [9.17, 15) is 4.79 Å². The molecule has 0 unspecified atom stereocenters. The molecule has 1 rings (SSSR count). The van der Waals surface area contributed by atoms with Gasteiger partial charge >= 0.3 is 0 Å². The van der Waals surface area contributed by atoms with Crippen LogP contribution in [0.1, 0.15) is 41.4 Å². The lowest BCUT2D eigenvalue weighted by Gasteiger charge is -2.15. The molecule has 17 heavy (non-hydrogen) atoms. The van der Waals surface area contributed by atoms with Crippen molar-refractivity contribution in [3.8, 4) is 0 Å². The quantitative estimate of drug-likeness (QED) is 0.599. The van der Waals surface area contributed by atoms with Crippen molar-refractivity contribution in [1.82, 2.24) is 9.88 Å². The number of nitrogens with zero attached hydrogens (tertiary/aromatic N) is 2. The van der Waals surface area contributed by atoms with Gasteiger partial charge in [0.25, 0.3) is 5.91 Å². The van der Waals surface area contributed by atoms with E-state index in [2.05, 4.69) is 20.9 Å². The van der Waals surface area contributed by atoms with Gasteiger partial charge < -0.3 is 9.32 Å². The first-order valence-corrected chi connectivity index (χ1v) is 6.94. The lowest BCUT2D eigenvalue weighted by Crippen LogP contribution is -2.28. The molecule has 1 aromatic heterocycles. The summed E-state index contributed by atoms with van der Waals surface area (Å²) >= 11 is 3.39. The highest BCUT2D eigenvalue weighted by Crippen LogP contribution is 2.12. The zero-order chi connectivity index (χ0) is 12.8. The largest absolute Gasteiger partial charge is 0.436 e. The Kier molecular flexibility index (Phi) is 5.68. The molecule has 0 aromatic carbocycles. The lowest BCUT2D eigenvalue weighted by molar-refractivity contribution is 0.0759. The van der Waals surface area contributed by atoms with Crippen LogP contribution in [0.25, 0.3) is 0 Å². The van der Waals surface area contributed by atoms with Gasteiger partial charge in [-0.1, -0.05) is 22.4 Å². The van der Waals surface area contributed by atoms with Crippen LogP contribution in [0.4, 0.5) is 0 Å². The number of rotatable bonds is 6. The van der Waals surface area contributed by atoms with Crippen LogP contribution in [0.3, 0.4) is 0 Å². The fourth-order valence-electron chi connectivity index (χ4n) is 1.62. The number of amides is 1. The summed E-state index contributed by atoms with van der Waals surface area (Å²) < 4.78 is 5.31. The summed E-state index contributed by atoms with van der Waals surface area (Å²) in [5, 5.41) is 1.02. The fourth-order valence-corrected chi connectivity index (χ4v) is 2.02. The molecule has 0 atom stereocenters. The average Bonchev–Trinajstić information content (AvgIpc) is 2.62. The minimum Gasteiger partial charge on any atom is -0.436 e. The van der Waals surface area contributed by atoms with Gasteiger partial charge in [-0.2, -0.15) is 0 Å². The second-order valence-electron chi connectivity index (χ2n) is 4.12. The molecule has 0 radical (unpaired) electrons. The maximum Gasteiger partial charge on any atom is 0.291 e. The minimum absolute atomic E-state index is 0.0815. The van der Waals surface area contributed by atoms with Crippen LogP contribution in [0.2, 0.25) is 0 Å². The minimum atomic E-state index is -0.0815. The Bertz CT molecular complexity index is 377. The number of oxazole rings is 1. The van der Waals surface area contributed by atoms with Gasteiger partial charge in [-0.05, 0) is 19.8 Å². The molecule has 1 aromatic rings. The van der Waals surface area contributed by atoms with E-state index in [-0.39, 0.29) is 5.91 Å². The van der Waals surface area contributed by atoms with Crippen molar-refractivity contribution in [2.24, 2.45) is 0 Å². The second kappa shape index (κ2) is 6.79. The Morgan fingerprint density at radius 1 is 1.35 bits per heavy atom. The summed E-state index contributed by atoms with van der Waals surface area (Å²) in [7, 11) is 1.80. The standard InChI is InChI=1S/C12H19BrN2O2/c1-9-11(17-10(2)14-9)12(16)15(3)8-6-4-5-7-13/h4-8H2,1-3H3. The molecule has 1 heterocycles. The normalized spacial score (nSPS) is 10.6. The summed E-state index contributed by atoms with van der Waals surface area (Å²) in [6.45, 7) is 4.30. The molecular weight excluding hydrogens is 284 g/mol. The Balaban J connectivity index is 2.49. The van der Waals surface area contributed by atoms with E-state index < -0.39 is 0 Å². The molecule has 0 aliphatic heterocycles. The smallest absolute Gasteiger partial charge is 0.291 e. The first kappa shape index (κ1) is 14.2. The van der Waals surface area contributed by atoms with Gasteiger partial charge in [0.2, 0.25) is 5.76 Å². The number of aryl methyl sites for hydroxylation is 2. The lowest BCUT2D eigenvalue weighted by atomic mass is 10.2. The topological polar surface area (TPSA) is 46.3 Å². The molecule has 0 spiro atoms. The highest BCUT2D eigenvalue weighted by atomic mass is 79.9. The van der Waals surface area contributed by atoms with Crippen LogP contribution in [0.15, 0.2) is 4.42 Å². The predicted octanol–water partition coefficient (Wildman–Crippen LogP) is 2.93. The van der Waals surface area contributed by atoms with E-state index >= 15 is 0 Å². The Hall–Kier alpha value is -0.840. The fraction of sp³-hybridized carbons (Fsp3) is 0.667. The van der Waals surface area contributed by atoms with Gasteiger partial charge in [0.1, 0.15) is 0 Å². The molecule has 0 saturated carbocycles. The highest BCUT2D eigenvalue weighted by molar-refractivity contribution is 9.09. The number of hydrogen-bond acceptors (Lipinski definition) is 3. The highest BCUT2D eigenvalue weighted by Gasteiger charge is 2.19. The maximum atomic E-state index is 12.0. The summed E-state index contributed by atoms with van der Waals surface area (Å²) in [5.41, 5.74) is 0.666. The Morgan fingerprint density at radius 3 is 2.59 bits per heavy atom. The SMILES string of the molecule is Cc1nc(C)c(C(=O)N(C)CCCCCBr)o1. The average molecular weight is 303 g/mol. The van der Waals surface area contributed by atoms with Crippen LogP contribution in [0, 0.1) is 13.8 Å². The van der Waals surface area contributed by atoms with Crippen molar-refractivity contribution in [3.63, 3.8) is 0 Å². The van der Waals surface area contributed by atoms with Crippen LogP contribution in [-0.2, 0) is 0 Å². The monoisotopic (exact) mass is 302 g/mol. The maximum absolute atomic E-state index is 12.0. The summed E-state index contributed by atoms with van der Waals surface area (Å²) in [5.74, 6) is 0.825. The molecule has 5 heteroatoms. The molecule has 0 fully saturated rings. The van der Waals surface area contributed by atoms with Gasteiger partial charge in [-0.25, -0.2) is 4.98 Å². The Morgan fingerprint density at radius 2 is 2.06 bits per heavy atom. The van der Waals surface area contributed by atoms with E-state index in [0.717, 1.165) is 31.1 Å². The number of unbranched alkanes of at least 4 members (excludes halogenated alkanes) is 2. The van der Waals surface area contributed by atoms with E-state index in [1.165, 1.54) is 0 Å². The number of hydrogen-bond donors (Lipinski definition) is 0. The van der Waals surface area contributed by atoms with Gasteiger partial charge in [0.05, 0.1) is 5.69 Å². The number of aromatic nitrogens is 1. The molecule has 0 saturated heterocycles. The third kappa shape index (κ3) is 4.15.